The molecule has 4 rings (SSSR count). The third-order valence-corrected chi connectivity index (χ3v) is 6.72. The monoisotopic (exact) mass is 565 g/mol. The van der Waals surface area contributed by atoms with E-state index in [2.05, 4.69) is 31.4 Å². The molecule has 0 saturated carbocycles. The number of nitriles is 1. The van der Waals surface area contributed by atoms with Gasteiger partial charge >= 0.3 is 6.61 Å². The van der Waals surface area contributed by atoms with Gasteiger partial charge in [0.25, 0.3) is 5.91 Å². The summed E-state index contributed by atoms with van der Waals surface area (Å²) in [5.74, 6) is -0.310. The van der Waals surface area contributed by atoms with Crippen LogP contribution in [0.5, 0.6) is 5.75 Å². The molecule has 11 nitrogen and oxygen atoms in total. The largest absolute Gasteiger partial charge is 0.434 e. The normalized spacial score (nSPS) is 14.9. The number of nitrogens with one attached hydrogen (secondary N) is 2. The fraction of sp³-hybridized carbons (Fsp3) is 0.321. The van der Waals surface area contributed by atoms with Gasteiger partial charge in [0.15, 0.2) is 0 Å². The molecule has 214 valence electrons. The van der Waals surface area contributed by atoms with Gasteiger partial charge in [-0.3, -0.25) is 9.59 Å². The van der Waals surface area contributed by atoms with E-state index in [1.165, 1.54) is 19.2 Å². The number of carbonyl (C=O) groups is 2. The topological polar surface area (TPSA) is 144 Å². The zero-order valence-electron chi connectivity index (χ0n) is 22.5. The Labute approximate surface area is 235 Å². The van der Waals surface area contributed by atoms with Crippen LogP contribution in [0.2, 0.25) is 0 Å². The SMILES string of the molecule is CNC(=O)c1cc(C#N)c(-c2cnc(N3CCN(C(=O)CO)[C@H](C)C3)nc2)cc1NCc1ccccc1OC(F)F. The summed E-state index contributed by atoms with van der Waals surface area (Å²) in [6.45, 7) is -0.180. The molecule has 0 unspecified atom stereocenters. The molecule has 2 heterocycles. The van der Waals surface area contributed by atoms with Crippen molar-refractivity contribution in [1.29, 1.82) is 5.26 Å². The summed E-state index contributed by atoms with van der Waals surface area (Å²) in [4.78, 5) is 37.1. The number of nitrogens with zero attached hydrogens (tertiary/aromatic N) is 5. The Morgan fingerprint density at radius 3 is 2.59 bits per heavy atom. The first-order valence-electron chi connectivity index (χ1n) is 12.8. The molecule has 1 aromatic heterocycles. The van der Waals surface area contributed by atoms with Crippen LogP contribution in [0.25, 0.3) is 11.1 Å². The van der Waals surface area contributed by atoms with Crippen molar-refractivity contribution >= 4 is 23.5 Å². The number of alkyl halides is 2. The Bertz CT molecular complexity index is 1450. The second-order valence-electron chi connectivity index (χ2n) is 9.29. The standard InChI is InChI=1S/C28H29F2N7O4/c1-17-15-36(7-8-37(17)25(39)16-38)28-34-13-20(14-35-28)21-10-23(22(26(40)32-2)9-19(21)11-31)33-12-18-5-3-4-6-24(18)41-27(29)30/h3-6,9-10,13-14,17,27,33,38H,7-8,12,15-16H2,1-2H3,(H,32,40)/t17-/m1/s1. The summed E-state index contributed by atoms with van der Waals surface area (Å²) in [5.41, 5.74) is 2.23. The summed E-state index contributed by atoms with van der Waals surface area (Å²) < 4.78 is 30.3. The molecule has 0 spiro atoms. The van der Waals surface area contributed by atoms with E-state index in [-0.39, 0.29) is 35.4 Å². The van der Waals surface area contributed by atoms with Crippen LogP contribution in [0, 0.1) is 11.3 Å². The van der Waals surface area contributed by atoms with Crippen LogP contribution < -0.4 is 20.3 Å². The minimum atomic E-state index is -2.99. The molecule has 3 N–H and O–H groups in total. The van der Waals surface area contributed by atoms with Crippen molar-refractivity contribution in [1.82, 2.24) is 20.2 Å². The van der Waals surface area contributed by atoms with Gasteiger partial charge in [0.2, 0.25) is 11.9 Å². The molecule has 1 atom stereocenters. The molecule has 0 bridgehead atoms. The number of ether oxygens (including phenoxy) is 1. The molecule has 1 aliphatic rings. The molecule has 2 amide bonds. The van der Waals surface area contributed by atoms with E-state index >= 15 is 0 Å². The number of hydrogen-bond donors (Lipinski definition) is 3. The van der Waals surface area contributed by atoms with Crippen molar-refractivity contribution < 1.29 is 28.2 Å². The highest BCUT2D eigenvalue weighted by molar-refractivity contribution is 6.01. The molecular weight excluding hydrogens is 536 g/mol. The molecular formula is C28H29F2N7O4. The van der Waals surface area contributed by atoms with Gasteiger partial charge in [-0.1, -0.05) is 18.2 Å². The molecule has 3 aromatic rings. The Hall–Kier alpha value is -4.83. The van der Waals surface area contributed by atoms with Crippen molar-refractivity contribution in [3.05, 3.63) is 65.5 Å². The lowest BCUT2D eigenvalue weighted by atomic mass is 9.97. The lowest BCUT2D eigenvalue weighted by molar-refractivity contribution is -0.136. The predicted octanol–water partition coefficient (Wildman–Crippen LogP) is 2.62. The summed E-state index contributed by atoms with van der Waals surface area (Å²) in [5, 5.41) is 24.7. The number of amides is 2. The van der Waals surface area contributed by atoms with Crippen LogP contribution in [0.3, 0.4) is 0 Å². The fourth-order valence-electron chi connectivity index (χ4n) is 4.68. The molecule has 1 fully saturated rings. The summed E-state index contributed by atoms with van der Waals surface area (Å²) in [7, 11) is 1.46. The Morgan fingerprint density at radius 2 is 1.95 bits per heavy atom. The number of hydrogen-bond acceptors (Lipinski definition) is 9. The van der Waals surface area contributed by atoms with Gasteiger partial charge in [0, 0.05) is 74.0 Å². The smallest absolute Gasteiger partial charge is 0.387 e. The van der Waals surface area contributed by atoms with Crippen LogP contribution in [-0.2, 0) is 11.3 Å². The molecule has 0 radical (unpaired) electrons. The van der Waals surface area contributed by atoms with E-state index in [0.29, 0.717) is 48.0 Å². The van der Waals surface area contributed by atoms with Crippen LogP contribution in [0.1, 0.15) is 28.4 Å². The Morgan fingerprint density at radius 1 is 1.22 bits per heavy atom. The lowest BCUT2D eigenvalue weighted by Crippen LogP contribution is -2.55. The van der Waals surface area contributed by atoms with Crippen molar-refractivity contribution in [3.63, 3.8) is 0 Å². The molecule has 41 heavy (non-hydrogen) atoms. The molecule has 13 heteroatoms. The van der Waals surface area contributed by atoms with Gasteiger partial charge < -0.3 is 30.3 Å². The van der Waals surface area contributed by atoms with E-state index < -0.39 is 19.1 Å². The minimum absolute atomic E-state index is 0.00484. The van der Waals surface area contributed by atoms with Gasteiger partial charge in [0.05, 0.1) is 17.2 Å². The van der Waals surface area contributed by atoms with Gasteiger partial charge in [-0.2, -0.15) is 14.0 Å². The number of anilines is 2. The van der Waals surface area contributed by atoms with Crippen LogP contribution >= 0.6 is 0 Å². The number of aliphatic hydroxyl groups excluding tert-OH is 1. The van der Waals surface area contributed by atoms with Crippen molar-refractivity contribution in [2.45, 2.75) is 26.1 Å². The van der Waals surface area contributed by atoms with E-state index in [1.54, 1.807) is 41.6 Å². The zero-order chi connectivity index (χ0) is 29.5. The second kappa shape index (κ2) is 13.0. The van der Waals surface area contributed by atoms with E-state index in [1.807, 2.05) is 11.8 Å². The first-order chi connectivity index (χ1) is 19.7. The number of para-hydroxylation sites is 1. The lowest BCUT2D eigenvalue weighted by Gasteiger charge is -2.39. The molecule has 1 saturated heterocycles. The first-order valence-corrected chi connectivity index (χ1v) is 12.8. The quantitative estimate of drug-likeness (QED) is 0.357. The maximum atomic E-state index is 12.9. The van der Waals surface area contributed by atoms with Gasteiger partial charge in [-0.05, 0) is 25.1 Å². The highest BCUT2D eigenvalue weighted by atomic mass is 19.3. The number of carbonyl (C=O) groups excluding carboxylic acids is 2. The molecule has 2 aromatic carbocycles. The van der Waals surface area contributed by atoms with Crippen LogP contribution in [0.4, 0.5) is 20.4 Å². The number of aliphatic hydroxyl groups is 1. The zero-order valence-corrected chi connectivity index (χ0v) is 22.5. The maximum Gasteiger partial charge on any atom is 0.387 e. The highest BCUT2D eigenvalue weighted by Crippen LogP contribution is 2.31. The van der Waals surface area contributed by atoms with E-state index in [9.17, 15) is 28.7 Å². The average molecular weight is 566 g/mol. The number of piperazine rings is 1. The molecule has 0 aliphatic carbocycles. The summed E-state index contributed by atoms with van der Waals surface area (Å²) in [6, 6.07) is 11.4. The summed E-state index contributed by atoms with van der Waals surface area (Å²) >= 11 is 0. The Balaban J connectivity index is 1.61. The van der Waals surface area contributed by atoms with Crippen molar-refractivity contribution in [2.24, 2.45) is 0 Å². The average Bonchev–Trinajstić information content (AvgIpc) is 2.99. The van der Waals surface area contributed by atoms with Crippen LogP contribution in [-0.4, -0.2) is 77.7 Å². The second-order valence-corrected chi connectivity index (χ2v) is 9.29. The molecule has 1 aliphatic heterocycles. The third-order valence-electron chi connectivity index (χ3n) is 6.72. The maximum absolute atomic E-state index is 12.9. The predicted molar refractivity (Wildman–Crippen MR) is 146 cm³/mol. The van der Waals surface area contributed by atoms with Crippen LogP contribution in [0.15, 0.2) is 48.8 Å². The Kier molecular flexibility index (Phi) is 9.26. The number of aromatic nitrogens is 2. The number of rotatable bonds is 9. The first kappa shape index (κ1) is 29.2. The van der Waals surface area contributed by atoms with Gasteiger partial charge in [-0.15, -0.1) is 0 Å². The van der Waals surface area contributed by atoms with Crippen molar-refractivity contribution in [3.8, 4) is 22.9 Å². The van der Waals surface area contributed by atoms with E-state index in [0.717, 1.165) is 0 Å². The van der Waals surface area contributed by atoms with Crippen molar-refractivity contribution in [2.75, 3.05) is 43.5 Å². The minimum Gasteiger partial charge on any atom is -0.434 e. The van der Waals surface area contributed by atoms with E-state index in [4.69, 9.17) is 0 Å². The van der Waals surface area contributed by atoms with Gasteiger partial charge in [-0.25, -0.2) is 9.97 Å². The fourth-order valence-corrected chi connectivity index (χ4v) is 4.68. The van der Waals surface area contributed by atoms with Gasteiger partial charge in [0.1, 0.15) is 12.4 Å². The summed E-state index contributed by atoms with van der Waals surface area (Å²) in [6.07, 6.45) is 3.15. The third kappa shape index (κ3) is 6.67. The number of halogens is 2. The number of benzene rings is 2. The highest BCUT2D eigenvalue weighted by Gasteiger charge is 2.28.